The summed E-state index contributed by atoms with van der Waals surface area (Å²) in [6.07, 6.45) is 0. The van der Waals surface area contributed by atoms with E-state index < -0.39 is 5.60 Å². The fourth-order valence-electron chi connectivity index (χ4n) is 1.96. The van der Waals surface area contributed by atoms with Gasteiger partial charge >= 0.3 is 0 Å². The van der Waals surface area contributed by atoms with Crippen molar-refractivity contribution in [3.05, 3.63) is 65.2 Å². The normalized spacial score (nSPS) is 13.4. The Morgan fingerprint density at radius 3 is 2.37 bits per heavy atom. The van der Waals surface area contributed by atoms with Gasteiger partial charge in [0.05, 0.1) is 18.7 Å². The minimum Gasteiger partial charge on any atom is -0.497 e. The van der Waals surface area contributed by atoms with Gasteiger partial charge in [0.15, 0.2) is 0 Å². The van der Waals surface area contributed by atoms with E-state index in [0.717, 1.165) is 11.1 Å². The number of benzene rings is 2. The van der Waals surface area contributed by atoms with Crippen LogP contribution in [0.2, 0.25) is 0 Å². The van der Waals surface area contributed by atoms with Gasteiger partial charge in [-0.1, -0.05) is 24.3 Å². The van der Waals surface area contributed by atoms with Crippen LogP contribution in [0.4, 0.5) is 0 Å². The van der Waals surface area contributed by atoms with Crippen LogP contribution < -0.4 is 4.74 Å². The maximum atomic E-state index is 10.7. The lowest BCUT2D eigenvalue weighted by molar-refractivity contribution is 0.102. The molecule has 0 saturated heterocycles. The van der Waals surface area contributed by atoms with Gasteiger partial charge in [0.1, 0.15) is 11.4 Å². The van der Waals surface area contributed by atoms with E-state index in [1.54, 1.807) is 44.4 Å². The van der Waals surface area contributed by atoms with Crippen molar-refractivity contribution in [2.24, 2.45) is 0 Å². The molecule has 3 heteroatoms. The lowest BCUT2D eigenvalue weighted by atomic mass is 9.88. The van der Waals surface area contributed by atoms with Crippen molar-refractivity contribution >= 4 is 0 Å². The SMILES string of the molecule is COc1cccc(C(C)(O)c2ccc(C#N)cc2)c1. The van der Waals surface area contributed by atoms with Crippen molar-refractivity contribution in [1.29, 1.82) is 5.26 Å². The summed E-state index contributed by atoms with van der Waals surface area (Å²) in [5.41, 5.74) is 0.934. The lowest BCUT2D eigenvalue weighted by Gasteiger charge is -2.25. The first-order chi connectivity index (χ1) is 9.07. The van der Waals surface area contributed by atoms with Gasteiger partial charge in [0, 0.05) is 0 Å². The van der Waals surface area contributed by atoms with Crippen LogP contribution in [0.3, 0.4) is 0 Å². The lowest BCUT2D eigenvalue weighted by Crippen LogP contribution is -2.22. The third-order valence-electron chi connectivity index (χ3n) is 3.21. The highest BCUT2D eigenvalue weighted by Gasteiger charge is 2.25. The van der Waals surface area contributed by atoms with E-state index in [-0.39, 0.29) is 0 Å². The topological polar surface area (TPSA) is 53.2 Å². The van der Waals surface area contributed by atoms with E-state index in [2.05, 4.69) is 6.07 Å². The first-order valence-electron chi connectivity index (χ1n) is 5.95. The highest BCUT2D eigenvalue weighted by Crippen LogP contribution is 2.31. The summed E-state index contributed by atoms with van der Waals surface area (Å²) >= 11 is 0. The van der Waals surface area contributed by atoms with Crippen LogP contribution in [0.15, 0.2) is 48.5 Å². The molecule has 2 aromatic rings. The molecule has 1 N–H and O–H groups in total. The monoisotopic (exact) mass is 253 g/mol. The number of nitriles is 1. The Balaban J connectivity index is 2.42. The van der Waals surface area contributed by atoms with Crippen molar-refractivity contribution in [3.63, 3.8) is 0 Å². The van der Waals surface area contributed by atoms with Crippen LogP contribution in [0.25, 0.3) is 0 Å². The van der Waals surface area contributed by atoms with Gasteiger partial charge in [0.2, 0.25) is 0 Å². The Morgan fingerprint density at radius 2 is 1.79 bits per heavy atom. The molecular formula is C16H15NO2. The molecule has 2 rings (SSSR count). The number of hydrogen-bond acceptors (Lipinski definition) is 3. The molecule has 0 saturated carbocycles. The predicted octanol–water partition coefficient (Wildman–Crippen LogP) is 2.82. The molecule has 0 amide bonds. The maximum absolute atomic E-state index is 10.7. The standard InChI is InChI=1S/C16H15NO2/c1-16(18,13-8-6-12(11-17)7-9-13)14-4-3-5-15(10-14)19-2/h3-10,18H,1-2H3. The number of nitrogens with zero attached hydrogens (tertiary/aromatic N) is 1. The highest BCUT2D eigenvalue weighted by molar-refractivity contribution is 5.41. The Bertz CT molecular complexity index is 609. The summed E-state index contributed by atoms with van der Waals surface area (Å²) in [6.45, 7) is 1.73. The number of rotatable bonds is 3. The summed E-state index contributed by atoms with van der Waals surface area (Å²) in [7, 11) is 1.59. The molecule has 1 atom stereocenters. The van der Waals surface area contributed by atoms with Gasteiger partial charge < -0.3 is 9.84 Å². The molecule has 0 aliphatic rings. The Labute approximate surface area is 112 Å². The van der Waals surface area contributed by atoms with Gasteiger partial charge in [-0.05, 0) is 42.3 Å². The first-order valence-corrected chi connectivity index (χ1v) is 5.95. The van der Waals surface area contributed by atoms with E-state index >= 15 is 0 Å². The summed E-state index contributed by atoms with van der Waals surface area (Å²) in [4.78, 5) is 0. The fourth-order valence-corrected chi connectivity index (χ4v) is 1.96. The summed E-state index contributed by atoms with van der Waals surface area (Å²) in [5, 5.41) is 19.5. The Hall–Kier alpha value is -2.31. The number of aliphatic hydroxyl groups is 1. The number of ether oxygens (including phenoxy) is 1. The van der Waals surface area contributed by atoms with Gasteiger partial charge in [-0.15, -0.1) is 0 Å². The molecule has 1 unspecified atom stereocenters. The zero-order valence-electron chi connectivity index (χ0n) is 10.9. The summed E-state index contributed by atoms with van der Waals surface area (Å²) in [5.74, 6) is 0.700. The summed E-state index contributed by atoms with van der Waals surface area (Å²) < 4.78 is 5.17. The smallest absolute Gasteiger partial charge is 0.119 e. The van der Waals surface area contributed by atoms with Crippen molar-refractivity contribution in [1.82, 2.24) is 0 Å². The molecule has 96 valence electrons. The molecule has 0 aromatic heterocycles. The predicted molar refractivity (Wildman–Crippen MR) is 72.8 cm³/mol. The largest absolute Gasteiger partial charge is 0.497 e. The van der Waals surface area contributed by atoms with E-state index in [4.69, 9.17) is 10.00 Å². The van der Waals surface area contributed by atoms with Crippen LogP contribution in [-0.2, 0) is 5.60 Å². The molecule has 0 aliphatic carbocycles. The van der Waals surface area contributed by atoms with Crippen molar-refractivity contribution in [3.8, 4) is 11.8 Å². The Morgan fingerprint density at radius 1 is 1.11 bits per heavy atom. The summed E-state index contributed by atoms with van der Waals surface area (Å²) in [6, 6.07) is 16.3. The second kappa shape index (κ2) is 5.13. The molecule has 19 heavy (non-hydrogen) atoms. The number of hydrogen-bond donors (Lipinski definition) is 1. The van der Waals surface area contributed by atoms with Crippen LogP contribution in [0.1, 0.15) is 23.6 Å². The van der Waals surface area contributed by atoms with Crippen LogP contribution >= 0.6 is 0 Å². The molecular weight excluding hydrogens is 238 g/mol. The van der Waals surface area contributed by atoms with Crippen molar-refractivity contribution in [2.45, 2.75) is 12.5 Å². The first kappa shape index (κ1) is 13.1. The molecule has 2 aromatic carbocycles. The highest BCUT2D eigenvalue weighted by atomic mass is 16.5. The molecule has 0 heterocycles. The van der Waals surface area contributed by atoms with E-state index in [9.17, 15) is 5.11 Å². The molecule has 0 bridgehead atoms. The minimum absolute atomic E-state index is 0.574. The van der Waals surface area contributed by atoms with E-state index in [0.29, 0.717) is 11.3 Å². The molecule has 0 aliphatic heterocycles. The second-order valence-electron chi connectivity index (χ2n) is 4.49. The minimum atomic E-state index is -1.12. The van der Waals surface area contributed by atoms with Gasteiger partial charge in [0.25, 0.3) is 0 Å². The van der Waals surface area contributed by atoms with Gasteiger partial charge in [-0.3, -0.25) is 0 Å². The average molecular weight is 253 g/mol. The van der Waals surface area contributed by atoms with Crippen LogP contribution in [0.5, 0.6) is 5.75 Å². The third kappa shape index (κ3) is 2.59. The fraction of sp³-hybridized carbons (Fsp3) is 0.188. The van der Waals surface area contributed by atoms with E-state index in [1.165, 1.54) is 0 Å². The van der Waals surface area contributed by atoms with Crippen LogP contribution in [0, 0.1) is 11.3 Å². The third-order valence-corrected chi connectivity index (χ3v) is 3.21. The van der Waals surface area contributed by atoms with Gasteiger partial charge in [-0.25, -0.2) is 0 Å². The van der Waals surface area contributed by atoms with Gasteiger partial charge in [-0.2, -0.15) is 5.26 Å². The quantitative estimate of drug-likeness (QED) is 0.915. The average Bonchev–Trinajstić information content (AvgIpc) is 2.47. The van der Waals surface area contributed by atoms with Crippen molar-refractivity contribution in [2.75, 3.05) is 7.11 Å². The molecule has 0 spiro atoms. The van der Waals surface area contributed by atoms with E-state index in [1.807, 2.05) is 18.2 Å². The van der Waals surface area contributed by atoms with Crippen molar-refractivity contribution < 1.29 is 9.84 Å². The molecule has 0 radical (unpaired) electrons. The second-order valence-corrected chi connectivity index (χ2v) is 4.49. The maximum Gasteiger partial charge on any atom is 0.119 e. The molecule has 3 nitrogen and oxygen atoms in total. The number of methoxy groups -OCH3 is 1. The van der Waals surface area contributed by atoms with Crippen LogP contribution in [-0.4, -0.2) is 12.2 Å². The Kier molecular flexibility index (Phi) is 3.55. The zero-order valence-corrected chi connectivity index (χ0v) is 10.9. The molecule has 0 fully saturated rings. The zero-order chi connectivity index (χ0) is 13.9.